The van der Waals surface area contributed by atoms with E-state index in [1.807, 2.05) is 42.5 Å². The van der Waals surface area contributed by atoms with Crippen molar-refractivity contribution in [2.24, 2.45) is 0 Å². The molecule has 0 radical (unpaired) electrons. The van der Waals surface area contributed by atoms with E-state index < -0.39 is 0 Å². The molecule has 21 heavy (non-hydrogen) atoms. The van der Waals surface area contributed by atoms with Gasteiger partial charge in [-0.05, 0) is 48.1 Å². The Morgan fingerprint density at radius 2 is 1.76 bits per heavy atom. The monoisotopic (exact) mass is 282 g/mol. The third-order valence-electron chi connectivity index (χ3n) is 3.59. The van der Waals surface area contributed by atoms with Gasteiger partial charge in [-0.1, -0.05) is 49.0 Å². The zero-order valence-electron chi connectivity index (χ0n) is 12.5. The van der Waals surface area contributed by atoms with Crippen LogP contribution in [0.5, 0.6) is 5.75 Å². The molecule has 0 bridgehead atoms. The van der Waals surface area contributed by atoms with E-state index in [2.05, 4.69) is 18.7 Å². The first kappa shape index (κ1) is 15.3. The van der Waals surface area contributed by atoms with Gasteiger partial charge in [-0.3, -0.25) is 0 Å². The Labute approximate surface area is 126 Å². The predicted molar refractivity (Wildman–Crippen MR) is 87.4 cm³/mol. The first-order valence-corrected chi connectivity index (χ1v) is 7.23. The standard InChI is InChI=1S/C19H22O2/c1-15(17-9-12-19(21-2)13-10-17)14-18(20)11-8-16-6-4-3-5-7-16/h3-7,9-10,12-13,18,20H,1,8,11,14H2,2H3. The fourth-order valence-electron chi connectivity index (χ4n) is 2.31. The van der Waals surface area contributed by atoms with Gasteiger partial charge in [-0.15, -0.1) is 0 Å². The Kier molecular flexibility index (Phi) is 5.59. The van der Waals surface area contributed by atoms with E-state index in [1.165, 1.54) is 5.56 Å². The van der Waals surface area contributed by atoms with Crippen LogP contribution in [-0.2, 0) is 6.42 Å². The van der Waals surface area contributed by atoms with Gasteiger partial charge in [-0.25, -0.2) is 0 Å². The van der Waals surface area contributed by atoms with Crippen molar-refractivity contribution in [2.75, 3.05) is 7.11 Å². The van der Waals surface area contributed by atoms with Gasteiger partial charge >= 0.3 is 0 Å². The lowest BCUT2D eigenvalue weighted by molar-refractivity contribution is 0.170. The maximum atomic E-state index is 10.2. The molecule has 2 nitrogen and oxygen atoms in total. The first-order valence-electron chi connectivity index (χ1n) is 7.23. The van der Waals surface area contributed by atoms with Crippen molar-refractivity contribution in [3.63, 3.8) is 0 Å². The number of hydrogen-bond acceptors (Lipinski definition) is 2. The van der Waals surface area contributed by atoms with Crippen LogP contribution in [0.4, 0.5) is 0 Å². The Hall–Kier alpha value is -2.06. The molecule has 1 N–H and O–H groups in total. The molecule has 2 rings (SSSR count). The van der Waals surface area contributed by atoms with Crippen LogP contribution >= 0.6 is 0 Å². The summed E-state index contributed by atoms with van der Waals surface area (Å²) in [5, 5.41) is 10.2. The van der Waals surface area contributed by atoms with Crippen molar-refractivity contribution in [3.8, 4) is 5.75 Å². The average Bonchev–Trinajstić information content (AvgIpc) is 2.54. The molecular formula is C19H22O2. The lowest BCUT2D eigenvalue weighted by Gasteiger charge is -2.13. The first-order chi connectivity index (χ1) is 10.2. The summed E-state index contributed by atoms with van der Waals surface area (Å²) in [6.45, 7) is 4.07. The normalized spacial score (nSPS) is 11.9. The highest BCUT2D eigenvalue weighted by Gasteiger charge is 2.08. The van der Waals surface area contributed by atoms with Gasteiger partial charge in [0.15, 0.2) is 0 Å². The summed E-state index contributed by atoms with van der Waals surface area (Å²) in [5.41, 5.74) is 3.26. The summed E-state index contributed by atoms with van der Waals surface area (Å²) in [7, 11) is 1.65. The van der Waals surface area contributed by atoms with Crippen LogP contribution in [-0.4, -0.2) is 18.3 Å². The van der Waals surface area contributed by atoms with Gasteiger partial charge in [-0.2, -0.15) is 0 Å². The second-order valence-electron chi connectivity index (χ2n) is 5.21. The second kappa shape index (κ2) is 7.65. The molecule has 0 aliphatic rings. The Balaban J connectivity index is 1.83. The minimum absolute atomic E-state index is 0.361. The summed E-state index contributed by atoms with van der Waals surface area (Å²) in [6, 6.07) is 18.0. The molecule has 0 aromatic heterocycles. The molecule has 110 valence electrons. The summed E-state index contributed by atoms with van der Waals surface area (Å²) in [4.78, 5) is 0. The van der Waals surface area contributed by atoms with E-state index in [1.54, 1.807) is 7.11 Å². The highest BCUT2D eigenvalue weighted by Crippen LogP contribution is 2.22. The molecule has 0 heterocycles. The molecule has 0 spiro atoms. The number of aryl methyl sites for hydroxylation is 1. The average molecular weight is 282 g/mol. The van der Waals surface area contributed by atoms with Crippen LogP contribution < -0.4 is 4.74 Å². The summed E-state index contributed by atoms with van der Waals surface area (Å²) >= 11 is 0. The number of aliphatic hydroxyl groups is 1. The van der Waals surface area contributed by atoms with Crippen molar-refractivity contribution in [1.29, 1.82) is 0 Å². The molecule has 1 unspecified atom stereocenters. The topological polar surface area (TPSA) is 29.5 Å². The van der Waals surface area contributed by atoms with E-state index in [0.717, 1.165) is 29.7 Å². The third-order valence-corrected chi connectivity index (χ3v) is 3.59. The van der Waals surface area contributed by atoms with Gasteiger partial charge < -0.3 is 9.84 Å². The van der Waals surface area contributed by atoms with E-state index in [-0.39, 0.29) is 6.10 Å². The number of methoxy groups -OCH3 is 1. The number of rotatable bonds is 7. The highest BCUT2D eigenvalue weighted by atomic mass is 16.5. The van der Waals surface area contributed by atoms with Gasteiger partial charge in [0.25, 0.3) is 0 Å². The predicted octanol–water partition coefficient (Wildman–Crippen LogP) is 4.09. The Morgan fingerprint density at radius 1 is 1.10 bits per heavy atom. The fraction of sp³-hybridized carbons (Fsp3) is 0.263. The highest BCUT2D eigenvalue weighted by molar-refractivity contribution is 5.64. The molecule has 0 fully saturated rings. The van der Waals surface area contributed by atoms with Crippen molar-refractivity contribution >= 4 is 5.57 Å². The molecule has 0 saturated heterocycles. The molecule has 0 amide bonds. The smallest absolute Gasteiger partial charge is 0.118 e. The summed E-state index contributed by atoms with van der Waals surface area (Å²) in [6.07, 6.45) is 1.87. The molecule has 0 aliphatic heterocycles. The third kappa shape index (κ3) is 4.76. The van der Waals surface area contributed by atoms with Crippen molar-refractivity contribution in [3.05, 3.63) is 72.3 Å². The number of benzene rings is 2. The maximum absolute atomic E-state index is 10.2. The van der Waals surface area contributed by atoms with E-state index in [0.29, 0.717) is 6.42 Å². The number of aliphatic hydroxyl groups excluding tert-OH is 1. The SMILES string of the molecule is C=C(CC(O)CCc1ccccc1)c1ccc(OC)cc1. The van der Waals surface area contributed by atoms with Gasteiger partial charge in [0.1, 0.15) is 5.75 Å². The molecular weight excluding hydrogens is 260 g/mol. The minimum atomic E-state index is -0.361. The lowest BCUT2D eigenvalue weighted by Crippen LogP contribution is -2.08. The van der Waals surface area contributed by atoms with Crippen LogP contribution in [0.25, 0.3) is 5.57 Å². The number of hydrogen-bond donors (Lipinski definition) is 1. The quantitative estimate of drug-likeness (QED) is 0.828. The van der Waals surface area contributed by atoms with E-state index >= 15 is 0 Å². The van der Waals surface area contributed by atoms with Crippen molar-refractivity contribution in [1.82, 2.24) is 0 Å². The van der Waals surface area contributed by atoms with Crippen LogP contribution in [0.3, 0.4) is 0 Å². The number of ether oxygens (including phenoxy) is 1. The molecule has 0 saturated carbocycles. The molecule has 2 aromatic carbocycles. The summed E-state index contributed by atoms with van der Waals surface area (Å²) < 4.78 is 5.14. The van der Waals surface area contributed by atoms with Crippen LogP contribution in [0.15, 0.2) is 61.2 Å². The molecule has 0 aliphatic carbocycles. The van der Waals surface area contributed by atoms with Crippen molar-refractivity contribution < 1.29 is 9.84 Å². The maximum Gasteiger partial charge on any atom is 0.118 e. The fourth-order valence-corrected chi connectivity index (χ4v) is 2.31. The van der Waals surface area contributed by atoms with Gasteiger partial charge in [0, 0.05) is 0 Å². The van der Waals surface area contributed by atoms with Crippen molar-refractivity contribution in [2.45, 2.75) is 25.4 Å². The lowest BCUT2D eigenvalue weighted by atomic mass is 9.98. The molecule has 2 heteroatoms. The molecule has 1 atom stereocenters. The van der Waals surface area contributed by atoms with Crippen LogP contribution in [0.2, 0.25) is 0 Å². The zero-order valence-corrected chi connectivity index (χ0v) is 12.5. The van der Waals surface area contributed by atoms with Crippen LogP contribution in [0, 0.1) is 0 Å². The van der Waals surface area contributed by atoms with Gasteiger partial charge in [0.05, 0.1) is 13.2 Å². The van der Waals surface area contributed by atoms with Gasteiger partial charge in [0.2, 0.25) is 0 Å². The van der Waals surface area contributed by atoms with E-state index in [4.69, 9.17) is 4.74 Å². The minimum Gasteiger partial charge on any atom is -0.497 e. The van der Waals surface area contributed by atoms with E-state index in [9.17, 15) is 5.11 Å². The Bertz CT molecular complexity index is 558. The molecule has 2 aromatic rings. The zero-order chi connectivity index (χ0) is 15.1. The largest absolute Gasteiger partial charge is 0.497 e. The second-order valence-corrected chi connectivity index (χ2v) is 5.21. The van der Waals surface area contributed by atoms with Crippen LogP contribution in [0.1, 0.15) is 24.0 Å². The Morgan fingerprint density at radius 3 is 2.38 bits per heavy atom. The summed E-state index contributed by atoms with van der Waals surface area (Å²) in [5.74, 6) is 0.830.